The molecule has 0 aliphatic rings. The van der Waals surface area contributed by atoms with E-state index in [1.165, 1.54) is 11.2 Å². The first kappa shape index (κ1) is 11.7. The van der Waals surface area contributed by atoms with Crippen LogP contribution in [0.15, 0.2) is 27.2 Å². The molecule has 0 aliphatic heterocycles. The minimum absolute atomic E-state index is 0.0737. The molecule has 0 bridgehead atoms. The molecule has 2 rings (SSSR count). The summed E-state index contributed by atoms with van der Waals surface area (Å²) in [5.74, 6) is 0.837. The van der Waals surface area contributed by atoms with Gasteiger partial charge in [-0.1, -0.05) is 0 Å². The predicted molar refractivity (Wildman–Crippen MR) is 59.2 cm³/mol. The summed E-state index contributed by atoms with van der Waals surface area (Å²) in [7, 11) is 1.61. The van der Waals surface area contributed by atoms with Crippen molar-refractivity contribution in [1.82, 2.24) is 15.1 Å². The third-order valence-electron chi connectivity index (χ3n) is 2.11. The Morgan fingerprint density at radius 1 is 1.53 bits per heavy atom. The van der Waals surface area contributed by atoms with Gasteiger partial charge in [-0.2, -0.15) is 0 Å². The first-order valence-corrected chi connectivity index (χ1v) is 5.40. The number of amides is 1. The summed E-state index contributed by atoms with van der Waals surface area (Å²) in [6.45, 7) is 0.221. The molecule has 0 aliphatic carbocycles. The predicted octanol–water partition coefficient (Wildman–Crippen LogP) is 1.53. The maximum atomic E-state index is 11.2. The van der Waals surface area contributed by atoms with Gasteiger partial charge in [-0.05, 0) is 12.1 Å². The molecule has 0 atom stereocenters. The van der Waals surface area contributed by atoms with Crippen LogP contribution in [-0.4, -0.2) is 33.9 Å². The lowest BCUT2D eigenvalue weighted by atomic mass is 10.4. The summed E-state index contributed by atoms with van der Waals surface area (Å²) in [6.07, 6.45) is 1.52. The Balaban J connectivity index is 2.06. The highest BCUT2D eigenvalue weighted by atomic mass is 35.5. The van der Waals surface area contributed by atoms with E-state index in [2.05, 4.69) is 10.2 Å². The molecule has 2 aromatic rings. The number of furan rings is 1. The molecule has 0 unspecified atom stereocenters. The molecule has 2 heterocycles. The van der Waals surface area contributed by atoms with Crippen LogP contribution in [0.25, 0.3) is 11.7 Å². The molecule has 0 radical (unpaired) electrons. The summed E-state index contributed by atoms with van der Waals surface area (Å²) < 4.78 is 10.4. The number of carbonyl (C=O) groups is 1. The van der Waals surface area contributed by atoms with Gasteiger partial charge in [0.15, 0.2) is 5.76 Å². The van der Waals surface area contributed by atoms with Gasteiger partial charge < -0.3 is 13.7 Å². The van der Waals surface area contributed by atoms with Gasteiger partial charge in [0.05, 0.1) is 12.8 Å². The summed E-state index contributed by atoms with van der Waals surface area (Å²) in [4.78, 5) is 12.6. The lowest BCUT2D eigenvalue weighted by Crippen LogP contribution is -2.27. The van der Waals surface area contributed by atoms with E-state index in [1.807, 2.05) is 0 Å². The summed E-state index contributed by atoms with van der Waals surface area (Å²) in [6, 6.07) is 3.44. The fourth-order valence-corrected chi connectivity index (χ4v) is 1.41. The topological polar surface area (TPSA) is 72.4 Å². The number of rotatable bonds is 4. The van der Waals surface area contributed by atoms with Crippen molar-refractivity contribution in [2.24, 2.45) is 0 Å². The highest BCUT2D eigenvalue weighted by molar-refractivity contribution is 6.27. The van der Waals surface area contributed by atoms with Crippen molar-refractivity contribution >= 4 is 17.5 Å². The normalized spacial score (nSPS) is 10.5. The fraction of sp³-hybridized carbons (Fsp3) is 0.300. The van der Waals surface area contributed by atoms with Crippen molar-refractivity contribution in [1.29, 1.82) is 0 Å². The van der Waals surface area contributed by atoms with Crippen LogP contribution in [-0.2, 0) is 11.3 Å². The number of carbonyl (C=O) groups excluding carboxylic acids is 1. The lowest BCUT2D eigenvalue weighted by Gasteiger charge is -2.12. The second-order valence-corrected chi connectivity index (χ2v) is 3.63. The van der Waals surface area contributed by atoms with Crippen LogP contribution in [0, 0.1) is 0 Å². The Morgan fingerprint density at radius 2 is 2.35 bits per heavy atom. The molecule has 0 saturated carbocycles. The molecule has 17 heavy (non-hydrogen) atoms. The Bertz CT molecular complexity index is 495. The third-order valence-corrected chi connectivity index (χ3v) is 2.34. The summed E-state index contributed by atoms with van der Waals surface area (Å²) >= 11 is 5.43. The number of alkyl halides is 1. The highest BCUT2D eigenvalue weighted by Crippen LogP contribution is 2.18. The Kier molecular flexibility index (Phi) is 3.43. The summed E-state index contributed by atoms with van der Waals surface area (Å²) in [5, 5.41) is 7.63. The van der Waals surface area contributed by atoms with E-state index < -0.39 is 0 Å². The third kappa shape index (κ3) is 2.65. The molecule has 0 aromatic carbocycles. The average molecular weight is 256 g/mol. The molecule has 0 N–H and O–H groups in total. The molecule has 1 amide bonds. The van der Waals surface area contributed by atoms with Gasteiger partial charge in [-0.25, -0.2) is 0 Å². The first-order valence-electron chi connectivity index (χ1n) is 4.87. The maximum absolute atomic E-state index is 11.2. The van der Waals surface area contributed by atoms with E-state index in [1.54, 1.807) is 19.2 Å². The molecular formula is C10H10ClN3O3. The highest BCUT2D eigenvalue weighted by Gasteiger charge is 2.14. The number of hydrogen-bond acceptors (Lipinski definition) is 5. The monoisotopic (exact) mass is 255 g/mol. The zero-order valence-corrected chi connectivity index (χ0v) is 9.85. The first-order chi connectivity index (χ1) is 8.20. The number of aromatic nitrogens is 2. The van der Waals surface area contributed by atoms with Crippen molar-refractivity contribution in [3.63, 3.8) is 0 Å². The molecule has 0 fully saturated rings. The fourth-order valence-electron chi connectivity index (χ4n) is 1.21. The van der Waals surface area contributed by atoms with Crippen molar-refractivity contribution < 1.29 is 13.6 Å². The van der Waals surface area contributed by atoms with Crippen molar-refractivity contribution in [3.8, 4) is 11.7 Å². The number of halogens is 1. The lowest BCUT2D eigenvalue weighted by molar-refractivity contribution is -0.128. The largest absolute Gasteiger partial charge is 0.459 e. The molecule has 7 heteroatoms. The molecule has 6 nitrogen and oxygen atoms in total. The van der Waals surface area contributed by atoms with Crippen molar-refractivity contribution in [2.45, 2.75) is 6.54 Å². The maximum Gasteiger partial charge on any atom is 0.283 e. The van der Waals surface area contributed by atoms with Gasteiger partial charge in [-0.15, -0.1) is 21.8 Å². The minimum atomic E-state index is -0.204. The van der Waals surface area contributed by atoms with Crippen LogP contribution in [0.1, 0.15) is 5.89 Å². The van der Waals surface area contributed by atoms with Gasteiger partial charge in [0.2, 0.25) is 11.8 Å². The molecular weight excluding hydrogens is 246 g/mol. The van der Waals surface area contributed by atoms with Crippen LogP contribution >= 0.6 is 11.6 Å². The van der Waals surface area contributed by atoms with Crippen LogP contribution in [0.2, 0.25) is 0 Å². The zero-order valence-electron chi connectivity index (χ0n) is 9.09. The van der Waals surface area contributed by atoms with E-state index in [4.69, 9.17) is 20.4 Å². The standard InChI is InChI=1S/C10H10ClN3O3/c1-14(9(15)5-11)6-8-12-13-10(17-8)7-3-2-4-16-7/h2-4H,5-6H2,1H3. The second-order valence-electron chi connectivity index (χ2n) is 3.36. The second kappa shape index (κ2) is 5.01. The Morgan fingerprint density at radius 3 is 3.00 bits per heavy atom. The zero-order chi connectivity index (χ0) is 12.3. The molecule has 0 spiro atoms. The Hall–Kier alpha value is -1.82. The van der Waals surface area contributed by atoms with Crippen molar-refractivity contribution in [2.75, 3.05) is 12.9 Å². The van der Waals surface area contributed by atoms with E-state index >= 15 is 0 Å². The van der Waals surface area contributed by atoms with E-state index in [0.717, 1.165) is 0 Å². The average Bonchev–Trinajstić information content (AvgIpc) is 2.97. The van der Waals surface area contributed by atoms with Crippen molar-refractivity contribution in [3.05, 3.63) is 24.3 Å². The van der Waals surface area contributed by atoms with Crippen LogP contribution in [0.3, 0.4) is 0 Å². The minimum Gasteiger partial charge on any atom is -0.459 e. The quantitative estimate of drug-likeness (QED) is 0.775. The van der Waals surface area contributed by atoms with E-state index in [9.17, 15) is 4.79 Å². The molecule has 2 aromatic heterocycles. The summed E-state index contributed by atoms with van der Waals surface area (Å²) in [5.41, 5.74) is 0. The molecule has 90 valence electrons. The van der Waals surface area contributed by atoms with E-state index in [-0.39, 0.29) is 24.2 Å². The number of nitrogens with zero attached hydrogens (tertiary/aromatic N) is 3. The van der Waals surface area contributed by atoms with Crippen LogP contribution in [0.5, 0.6) is 0 Å². The van der Waals surface area contributed by atoms with Crippen LogP contribution < -0.4 is 0 Å². The Labute approximate surface area is 102 Å². The smallest absolute Gasteiger partial charge is 0.283 e. The van der Waals surface area contributed by atoms with Gasteiger partial charge in [-0.3, -0.25) is 4.79 Å². The van der Waals surface area contributed by atoms with Gasteiger partial charge in [0.25, 0.3) is 5.89 Å². The number of hydrogen-bond donors (Lipinski definition) is 0. The van der Waals surface area contributed by atoms with Gasteiger partial charge in [0, 0.05) is 7.05 Å². The van der Waals surface area contributed by atoms with Gasteiger partial charge in [0.1, 0.15) is 5.88 Å². The SMILES string of the molecule is CN(Cc1nnc(-c2ccco2)o1)C(=O)CCl. The van der Waals surface area contributed by atoms with E-state index in [0.29, 0.717) is 11.7 Å². The van der Waals surface area contributed by atoms with Crippen LogP contribution in [0.4, 0.5) is 0 Å². The van der Waals surface area contributed by atoms with Gasteiger partial charge >= 0.3 is 0 Å². The molecule has 0 saturated heterocycles.